The van der Waals surface area contributed by atoms with Crippen LogP contribution in [0.4, 0.5) is 0 Å². The molecule has 1 amide bonds. The van der Waals surface area contributed by atoms with Crippen molar-refractivity contribution in [1.82, 2.24) is 5.32 Å². The van der Waals surface area contributed by atoms with Crippen LogP contribution in [0.2, 0.25) is 0 Å². The summed E-state index contributed by atoms with van der Waals surface area (Å²) in [5.41, 5.74) is 5.39. The van der Waals surface area contributed by atoms with Gasteiger partial charge in [0, 0.05) is 12.0 Å². The summed E-state index contributed by atoms with van der Waals surface area (Å²) in [5, 5.41) is 3.03. The fourth-order valence-corrected chi connectivity index (χ4v) is 1.46. The molecule has 0 aliphatic heterocycles. The number of carbonyl (C=O) groups excluding carboxylic acids is 1. The van der Waals surface area contributed by atoms with E-state index in [1.54, 1.807) is 0 Å². The summed E-state index contributed by atoms with van der Waals surface area (Å²) >= 11 is 0. The van der Waals surface area contributed by atoms with E-state index in [1.807, 2.05) is 6.92 Å². The molecule has 3 nitrogen and oxygen atoms in total. The van der Waals surface area contributed by atoms with Crippen molar-refractivity contribution >= 4 is 5.91 Å². The standard InChI is InChI=1S/C10H20N2O/c1-7(5-6-11)10(13)12-8(2)9-3-4-9/h7-9H,3-6,11H2,1-2H3,(H,12,13). The van der Waals surface area contributed by atoms with Gasteiger partial charge in [0.05, 0.1) is 0 Å². The van der Waals surface area contributed by atoms with E-state index in [0.29, 0.717) is 12.6 Å². The molecular weight excluding hydrogens is 164 g/mol. The molecule has 0 radical (unpaired) electrons. The Morgan fingerprint density at radius 3 is 2.62 bits per heavy atom. The van der Waals surface area contributed by atoms with E-state index in [-0.39, 0.29) is 11.8 Å². The summed E-state index contributed by atoms with van der Waals surface area (Å²) in [6, 6.07) is 0.354. The normalized spacial score (nSPS) is 20.8. The first-order chi connectivity index (χ1) is 6.15. The number of hydrogen-bond donors (Lipinski definition) is 2. The van der Waals surface area contributed by atoms with Crippen LogP contribution in [0, 0.1) is 11.8 Å². The molecular formula is C10H20N2O. The summed E-state index contributed by atoms with van der Waals surface area (Å²) < 4.78 is 0. The number of hydrogen-bond acceptors (Lipinski definition) is 2. The van der Waals surface area contributed by atoms with Crippen LogP contribution in [0.25, 0.3) is 0 Å². The predicted octanol–water partition coefficient (Wildman–Crippen LogP) is 0.886. The van der Waals surface area contributed by atoms with E-state index in [0.717, 1.165) is 12.3 Å². The van der Waals surface area contributed by atoms with Gasteiger partial charge in [-0.2, -0.15) is 0 Å². The van der Waals surface area contributed by atoms with Gasteiger partial charge in [-0.15, -0.1) is 0 Å². The molecule has 3 N–H and O–H groups in total. The summed E-state index contributed by atoms with van der Waals surface area (Å²) in [6.45, 7) is 4.61. The molecule has 0 aromatic carbocycles. The van der Waals surface area contributed by atoms with Gasteiger partial charge < -0.3 is 11.1 Å². The third-order valence-corrected chi connectivity index (χ3v) is 2.75. The van der Waals surface area contributed by atoms with Crippen LogP contribution in [0.3, 0.4) is 0 Å². The second-order valence-electron chi connectivity index (χ2n) is 4.11. The summed E-state index contributed by atoms with van der Waals surface area (Å²) in [6.07, 6.45) is 3.32. The summed E-state index contributed by atoms with van der Waals surface area (Å²) in [4.78, 5) is 11.5. The Labute approximate surface area is 80.1 Å². The molecule has 3 heteroatoms. The molecule has 0 aromatic rings. The molecule has 1 fully saturated rings. The first kappa shape index (κ1) is 10.5. The molecule has 0 bridgehead atoms. The van der Waals surface area contributed by atoms with Crippen molar-refractivity contribution in [2.45, 2.75) is 39.2 Å². The summed E-state index contributed by atoms with van der Waals surface area (Å²) in [7, 11) is 0. The van der Waals surface area contributed by atoms with Gasteiger partial charge in [-0.3, -0.25) is 4.79 Å². The minimum atomic E-state index is 0.0613. The van der Waals surface area contributed by atoms with Crippen LogP contribution in [0.1, 0.15) is 33.1 Å². The highest BCUT2D eigenvalue weighted by Gasteiger charge is 2.29. The number of nitrogens with one attached hydrogen (secondary N) is 1. The SMILES string of the molecule is CC(CCN)C(=O)NC(C)C1CC1. The minimum absolute atomic E-state index is 0.0613. The fourth-order valence-electron chi connectivity index (χ4n) is 1.46. The van der Waals surface area contributed by atoms with Crippen molar-refractivity contribution in [2.24, 2.45) is 17.6 Å². The van der Waals surface area contributed by atoms with Gasteiger partial charge in [0.15, 0.2) is 0 Å². The maximum absolute atomic E-state index is 11.5. The molecule has 1 aliphatic carbocycles. The Morgan fingerprint density at radius 2 is 2.15 bits per heavy atom. The number of amides is 1. The zero-order valence-electron chi connectivity index (χ0n) is 8.55. The highest BCUT2D eigenvalue weighted by atomic mass is 16.1. The smallest absolute Gasteiger partial charge is 0.223 e. The number of carbonyl (C=O) groups is 1. The van der Waals surface area contributed by atoms with Gasteiger partial charge in [-0.05, 0) is 38.6 Å². The third kappa shape index (κ3) is 3.35. The van der Waals surface area contributed by atoms with Crippen LogP contribution in [-0.4, -0.2) is 18.5 Å². The molecule has 0 heterocycles. The van der Waals surface area contributed by atoms with Gasteiger partial charge in [-0.25, -0.2) is 0 Å². The largest absolute Gasteiger partial charge is 0.353 e. The molecule has 13 heavy (non-hydrogen) atoms. The van der Waals surface area contributed by atoms with E-state index in [4.69, 9.17) is 5.73 Å². The zero-order valence-corrected chi connectivity index (χ0v) is 8.55. The van der Waals surface area contributed by atoms with Crippen molar-refractivity contribution in [3.05, 3.63) is 0 Å². The molecule has 0 spiro atoms. The Kier molecular flexibility index (Phi) is 3.72. The minimum Gasteiger partial charge on any atom is -0.353 e. The Hall–Kier alpha value is -0.570. The third-order valence-electron chi connectivity index (χ3n) is 2.75. The first-order valence-electron chi connectivity index (χ1n) is 5.15. The van der Waals surface area contributed by atoms with Crippen LogP contribution in [0.15, 0.2) is 0 Å². The quantitative estimate of drug-likeness (QED) is 0.666. The number of rotatable bonds is 5. The summed E-state index contributed by atoms with van der Waals surface area (Å²) in [5.74, 6) is 0.949. The van der Waals surface area contributed by atoms with Gasteiger partial charge >= 0.3 is 0 Å². The van der Waals surface area contributed by atoms with E-state index in [1.165, 1.54) is 12.8 Å². The molecule has 2 unspecified atom stereocenters. The second kappa shape index (κ2) is 4.61. The molecule has 1 rings (SSSR count). The molecule has 1 saturated carbocycles. The average Bonchev–Trinajstić information content (AvgIpc) is 2.86. The van der Waals surface area contributed by atoms with Crippen LogP contribution < -0.4 is 11.1 Å². The van der Waals surface area contributed by atoms with Gasteiger partial charge in [0.2, 0.25) is 5.91 Å². The van der Waals surface area contributed by atoms with Gasteiger partial charge in [0.25, 0.3) is 0 Å². The zero-order chi connectivity index (χ0) is 9.84. The maximum Gasteiger partial charge on any atom is 0.223 e. The van der Waals surface area contributed by atoms with E-state index in [2.05, 4.69) is 12.2 Å². The van der Waals surface area contributed by atoms with Gasteiger partial charge in [-0.1, -0.05) is 6.92 Å². The topological polar surface area (TPSA) is 55.1 Å². The highest BCUT2D eigenvalue weighted by molar-refractivity contribution is 5.78. The Morgan fingerprint density at radius 1 is 1.54 bits per heavy atom. The second-order valence-corrected chi connectivity index (χ2v) is 4.11. The first-order valence-corrected chi connectivity index (χ1v) is 5.15. The monoisotopic (exact) mass is 184 g/mol. The molecule has 2 atom stereocenters. The van der Waals surface area contributed by atoms with E-state index >= 15 is 0 Å². The van der Waals surface area contributed by atoms with Crippen LogP contribution in [0.5, 0.6) is 0 Å². The fraction of sp³-hybridized carbons (Fsp3) is 0.900. The number of nitrogens with two attached hydrogens (primary N) is 1. The molecule has 0 saturated heterocycles. The van der Waals surface area contributed by atoms with Crippen LogP contribution >= 0.6 is 0 Å². The van der Waals surface area contributed by atoms with Crippen molar-refractivity contribution in [2.75, 3.05) is 6.54 Å². The van der Waals surface area contributed by atoms with Gasteiger partial charge in [0.1, 0.15) is 0 Å². The van der Waals surface area contributed by atoms with Crippen molar-refractivity contribution in [3.8, 4) is 0 Å². The average molecular weight is 184 g/mol. The lowest BCUT2D eigenvalue weighted by atomic mass is 10.1. The predicted molar refractivity (Wildman–Crippen MR) is 53.2 cm³/mol. The Balaban J connectivity index is 2.22. The van der Waals surface area contributed by atoms with E-state index in [9.17, 15) is 4.79 Å². The lowest BCUT2D eigenvalue weighted by Crippen LogP contribution is -2.38. The van der Waals surface area contributed by atoms with Crippen molar-refractivity contribution < 1.29 is 4.79 Å². The molecule has 0 aromatic heterocycles. The lowest BCUT2D eigenvalue weighted by molar-refractivity contribution is -0.125. The maximum atomic E-state index is 11.5. The Bertz CT molecular complexity index is 178. The van der Waals surface area contributed by atoms with Crippen LogP contribution in [-0.2, 0) is 4.79 Å². The van der Waals surface area contributed by atoms with E-state index < -0.39 is 0 Å². The lowest BCUT2D eigenvalue weighted by Gasteiger charge is -2.16. The molecule has 76 valence electrons. The van der Waals surface area contributed by atoms with Crippen molar-refractivity contribution in [1.29, 1.82) is 0 Å². The molecule has 1 aliphatic rings. The van der Waals surface area contributed by atoms with Crippen molar-refractivity contribution in [3.63, 3.8) is 0 Å². The highest BCUT2D eigenvalue weighted by Crippen LogP contribution is 2.32.